The lowest BCUT2D eigenvalue weighted by Gasteiger charge is -2.20. The predicted octanol–water partition coefficient (Wildman–Crippen LogP) is 1.06. The van der Waals surface area contributed by atoms with Gasteiger partial charge >= 0.3 is 0 Å². The van der Waals surface area contributed by atoms with Crippen LogP contribution >= 0.6 is 0 Å². The summed E-state index contributed by atoms with van der Waals surface area (Å²) in [6, 6.07) is 3.88. The van der Waals surface area contributed by atoms with Crippen molar-refractivity contribution >= 4 is 0 Å². The van der Waals surface area contributed by atoms with Gasteiger partial charge in [0.1, 0.15) is 5.76 Å². The highest BCUT2D eigenvalue weighted by Crippen LogP contribution is 2.31. The van der Waals surface area contributed by atoms with Crippen LogP contribution in [0.15, 0.2) is 22.8 Å². The average molecular weight is 181 g/mol. The molecule has 3 N–H and O–H groups in total. The van der Waals surface area contributed by atoms with E-state index in [4.69, 9.17) is 10.2 Å². The highest BCUT2D eigenvalue weighted by atomic mass is 16.3. The molecule has 2 atom stereocenters. The first kappa shape index (κ1) is 8.78. The first-order chi connectivity index (χ1) is 6.18. The van der Waals surface area contributed by atoms with Crippen molar-refractivity contribution in [2.45, 2.75) is 37.3 Å². The van der Waals surface area contributed by atoms with Crippen LogP contribution in [-0.4, -0.2) is 16.7 Å². The van der Waals surface area contributed by atoms with Gasteiger partial charge in [0, 0.05) is 12.5 Å². The molecule has 3 heteroatoms. The van der Waals surface area contributed by atoms with Gasteiger partial charge < -0.3 is 15.3 Å². The highest BCUT2D eigenvalue weighted by molar-refractivity contribution is 5.05. The molecule has 1 saturated carbocycles. The van der Waals surface area contributed by atoms with Crippen molar-refractivity contribution in [3.05, 3.63) is 24.2 Å². The van der Waals surface area contributed by atoms with Crippen molar-refractivity contribution in [2.24, 2.45) is 5.73 Å². The minimum Gasteiger partial charge on any atom is -0.469 e. The Morgan fingerprint density at radius 1 is 1.69 bits per heavy atom. The van der Waals surface area contributed by atoms with E-state index in [2.05, 4.69) is 0 Å². The number of rotatable bonds is 2. The molecule has 0 aliphatic heterocycles. The van der Waals surface area contributed by atoms with Crippen molar-refractivity contribution in [3.63, 3.8) is 0 Å². The molecule has 13 heavy (non-hydrogen) atoms. The van der Waals surface area contributed by atoms with Gasteiger partial charge in [-0.05, 0) is 31.4 Å². The summed E-state index contributed by atoms with van der Waals surface area (Å²) in [5, 5.41) is 10.1. The monoisotopic (exact) mass is 181 g/mol. The van der Waals surface area contributed by atoms with E-state index in [0.29, 0.717) is 12.8 Å². The number of nitrogens with two attached hydrogens (primary N) is 1. The summed E-state index contributed by atoms with van der Waals surface area (Å²) in [6.45, 7) is 0. The zero-order valence-corrected chi connectivity index (χ0v) is 7.57. The fraction of sp³-hybridized carbons (Fsp3) is 0.600. The summed E-state index contributed by atoms with van der Waals surface area (Å²) in [5.74, 6) is 0.844. The maximum absolute atomic E-state index is 10.1. The SMILES string of the molecule is NC1CCC(O)(Cc2ccco2)C1. The van der Waals surface area contributed by atoms with Gasteiger partial charge in [0.2, 0.25) is 0 Å². The minimum atomic E-state index is -0.628. The van der Waals surface area contributed by atoms with Crippen molar-refractivity contribution < 1.29 is 9.52 Å². The third kappa shape index (κ3) is 1.92. The van der Waals surface area contributed by atoms with Gasteiger partial charge in [0.05, 0.1) is 11.9 Å². The maximum atomic E-state index is 10.1. The van der Waals surface area contributed by atoms with Crippen LogP contribution in [0.25, 0.3) is 0 Å². The van der Waals surface area contributed by atoms with E-state index in [9.17, 15) is 5.11 Å². The Hall–Kier alpha value is -0.800. The second-order valence-corrected chi connectivity index (χ2v) is 3.98. The van der Waals surface area contributed by atoms with E-state index >= 15 is 0 Å². The van der Waals surface area contributed by atoms with Gasteiger partial charge in [-0.2, -0.15) is 0 Å². The lowest BCUT2D eigenvalue weighted by Crippen LogP contribution is -2.30. The van der Waals surface area contributed by atoms with E-state index in [1.807, 2.05) is 12.1 Å². The third-order valence-electron chi connectivity index (χ3n) is 2.71. The van der Waals surface area contributed by atoms with E-state index < -0.39 is 5.60 Å². The Kier molecular flexibility index (Phi) is 2.14. The lowest BCUT2D eigenvalue weighted by molar-refractivity contribution is 0.0418. The van der Waals surface area contributed by atoms with Crippen LogP contribution in [0.5, 0.6) is 0 Å². The molecule has 1 aromatic heterocycles. The lowest BCUT2D eigenvalue weighted by atomic mass is 9.96. The zero-order valence-electron chi connectivity index (χ0n) is 7.57. The molecule has 1 fully saturated rings. The van der Waals surface area contributed by atoms with E-state index in [1.54, 1.807) is 6.26 Å². The summed E-state index contributed by atoms with van der Waals surface area (Å²) in [6.07, 6.45) is 4.61. The molecular formula is C10H15NO2. The van der Waals surface area contributed by atoms with Gasteiger partial charge in [0.15, 0.2) is 0 Å². The van der Waals surface area contributed by atoms with Crippen LogP contribution in [0, 0.1) is 0 Å². The first-order valence-corrected chi connectivity index (χ1v) is 4.68. The fourth-order valence-corrected chi connectivity index (χ4v) is 2.04. The minimum absolute atomic E-state index is 0.153. The third-order valence-corrected chi connectivity index (χ3v) is 2.71. The van der Waals surface area contributed by atoms with E-state index in [-0.39, 0.29) is 6.04 Å². The van der Waals surface area contributed by atoms with Crippen molar-refractivity contribution in [3.8, 4) is 0 Å². The molecule has 3 nitrogen and oxygen atoms in total. The molecule has 0 aromatic carbocycles. The topological polar surface area (TPSA) is 59.4 Å². The molecule has 1 aliphatic carbocycles. The molecule has 2 rings (SSSR count). The largest absolute Gasteiger partial charge is 0.469 e. The van der Waals surface area contributed by atoms with Crippen molar-refractivity contribution in [2.75, 3.05) is 0 Å². The standard InChI is InChI=1S/C10H15NO2/c11-8-3-4-10(12,6-8)7-9-2-1-5-13-9/h1-2,5,8,12H,3-4,6-7,11H2. The average Bonchev–Trinajstić information content (AvgIpc) is 2.62. The molecule has 1 aromatic rings. The van der Waals surface area contributed by atoms with Crippen LogP contribution in [0.4, 0.5) is 0 Å². The molecule has 0 radical (unpaired) electrons. The predicted molar refractivity (Wildman–Crippen MR) is 49.2 cm³/mol. The molecule has 0 amide bonds. The van der Waals surface area contributed by atoms with Gasteiger partial charge in [-0.1, -0.05) is 0 Å². The van der Waals surface area contributed by atoms with Crippen LogP contribution in [0.1, 0.15) is 25.0 Å². The van der Waals surface area contributed by atoms with Crippen LogP contribution in [0.3, 0.4) is 0 Å². The van der Waals surface area contributed by atoms with Gasteiger partial charge in [-0.3, -0.25) is 0 Å². The maximum Gasteiger partial charge on any atom is 0.106 e. The van der Waals surface area contributed by atoms with E-state index in [1.165, 1.54) is 0 Å². The Balaban J connectivity index is 2.01. The number of hydrogen-bond donors (Lipinski definition) is 2. The molecule has 2 unspecified atom stereocenters. The molecule has 0 bridgehead atoms. The molecular weight excluding hydrogens is 166 g/mol. The molecule has 0 saturated heterocycles. The second-order valence-electron chi connectivity index (χ2n) is 3.98. The normalized spacial score (nSPS) is 33.8. The zero-order chi connectivity index (χ0) is 9.31. The van der Waals surface area contributed by atoms with Gasteiger partial charge in [-0.25, -0.2) is 0 Å². The summed E-state index contributed by atoms with van der Waals surface area (Å²) in [4.78, 5) is 0. The van der Waals surface area contributed by atoms with Crippen molar-refractivity contribution in [1.29, 1.82) is 0 Å². The van der Waals surface area contributed by atoms with Crippen molar-refractivity contribution in [1.82, 2.24) is 0 Å². The first-order valence-electron chi connectivity index (χ1n) is 4.68. The van der Waals surface area contributed by atoms with Gasteiger partial charge in [0.25, 0.3) is 0 Å². The molecule has 1 heterocycles. The summed E-state index contributed by atoms with van der Waals surface area (Å²) >= 11 is 0. The Morgan fingerprint density at radius 3 is 3.08 bits per heavy atom. The summed E-state index contributed by atoms with van der Waals surface area (Å²) in [7, 11) is 0. The second kappa shape index (κ2) is 3.16. The number of hydrogen-bond acceptors (Lipinski definition) is 3. The van der Waals surface area contributed by atoms with Crippen LogP contribution in [-0.2, 0) is 6.42 Å². The smallest absolute Gasteiger partial charge is 0.106 e. The Labute approximate surface area is 77.5 Å². The van der Waals surface area contributed by atoms with Crippen LogP contribution < -0.4 is 5.73 Å². The Morgan fingerprint density at radius 2 is 2.54 bits per heavy atom. The van der Waals surface area contributed by atoms with Crippen LogP contribution in [0.2, 0.25) is 0 Å². The van der Waals surface area contributed by atoms with E-state index in [0.717, 1.165) is 18.6 Å². The number of furan rings is 1. The highest BCUT2D eigenvalue weighted by Gasteiger charge is 2.36. The number of aliphatic hydroxyl groups is 1. The Bertz CT molecular complexity index is 270. The fourth-order valence-electron chi connectivity index (χ4n) is 2.04. The molecule has 0 spiro atoms. The summed E-state index contributed by atoms with van der Waals surface area (Å²) < 4.78 is 5.20. The molecule has 1 aliphatic rings. The quantitative estimate of drug-likeness (QED) is 0.717. The van der Waals surface area contributed by atoms with Gasteiger partial charge in [-0.15, -0.1) is 0 Å². The molecule has 72 valence electrons. The summed E-state index contributed by atoms with van der Waals surface area (Å²) in [5.41, 5.74) is 5.12.